The SMILES string of the molecule is COc1cc2c(Oc3ccc(Nc4nccc5[nH]cc(-c6ccc(F)cc6)c(=O)c45)cc3F)ncnc2cc1OCCCO. The summed E-state index contributed by atoms with van der Waals surface area (Å²) in [4.78, 5) is 29.3. The van der Waals surface area contributed by atoms with Gasteiger partial charge >= 0.3 is 0 Å². The van der Waals surface area contributed by atoms with Gasteiger partial charge < -0.3 is 29.6 Å². The topological polar surface area (TPSA) is 131 Å². The van der Waals surface area contributed by atoms with Gasteiger partial charge in [-0.3, -0.25) is 4.79 Å². The van der Waals surface area contributed by atoms with Crippen molar-refractivity contribution in [3.8, 4) is 34.3 Å². The van der Waals surface area contributed by atoms with Gasteiger partial charge in [0.25, 0.3) is 0 Å². The minimum absolute atomic E-state index is 0.00881. The van der Waals surface area contributed by atoms with Crippen LogP contribution in [-0.2, 0) is 0 Å². The molecule has 222 valence electrons. The molecule has 0 bridgehead atoms. The molecule has 0 radical (unpaired) electrons. The lowest BCUT2D eigenvalue weighted by Gasteiger charge is -2.14. The summed E-state index contributed by atoms with van der Waals surface area (Å²) in [6.45, 7) is 0.279. The lowest BCUT2D eigenvalue weighted by Crippen LogP contribution is -2.10. The molecule has 6 aromatic rings. The third-order valence-corrected chi connectivity index (χ3v) is 6.80. The number of anilines is 2. The van der Waals surface area contributed by atoms with Crippen LogP contribution in [0.25, 0.3) is 32.9 Å². The first-order valence-electron chi connectivity index (χ1n) is 13.5. The van der Waals surface area contributed by atoms with Crippen LogP contribution < -0.4 is 25.0 Å². The summed E-state index contributed by atoms with van der Waals surface area (Å²) < 4.78 is 45.8. The number of nitrogens with one attached hydrogen (secondary N) is 2. The van der Waals surface area contributed by atoms with Gasteiger partial charge in [-0.15, -0.1) is 0 Å². The standard InChI is InChI=1S/C32H25F2N5O5/c1-42-27-14-21-25(15-28(27)43-12-2-11-40)37-17-38-32(21)44-26-8-7-20(13-23(26)34)39-31-29-24(9-10-35-31)36-16-22(30(29)41)18-3-5-19(33)6-4-18/h3-10,13-17,40H,2,11-12H2,1H3,(H,35,39)(H,36,41). The molecule has 3 aromatic heterocycles. The van der Waals surface area contributed by atoms with Crippen LogP contribution in [0.2, 0.25) is 0 Å². The molecule has 0 aliphatic carbocycles. The van der Waals surface area contributed by atoms with Crippen LogP contribution in [-0.4, -0.2) is 45.4 Å². The molecule has 6 rings (SSSR count). The summed E-state index contributed by atoms with van der Waals surface area (Å²) in [5.74, 6) is -0.0530. The summed E-state index contributed by atoms with van der Waals surface area (Å²) in [5.41, 5.74) is 1.88. The van der Waals surface area contributed by atoms with E-state index in [0.717, 1.165) is 0 Å². The first-order chi connectivity index (χ1) is 21.4. The fourth-order valence-corrected chi connectivity index (χ4v) is 4.64. The largest absolute Gasteiger partial charge is 0.493 e. The van der Waals surface area contributed by atoms with Crippen LogP contribution in [0.5, 0.6) is 23.1 Å². The van der Waals surface area contributed by atoms with Gasteiger partial charge in [-0.05, 0) is 42.0 Å². The molecular weight excluding hydrogens is 572 g/mol. The molecule has 0 spiro atoms. The van der Waals surface area contributed by atoms with Gasteiger partial charge in [0.05, 0.1) is 35.5 Å². The van der Waals surface area contributed by atoms with Crippen molar-refractivity contribution in [2.24, 2.45) is 0 Å². The Kier molecular flexibility index (Phi) is 7.98. The average Bonchev–Trinajstić information content (AvgIpc) is 3.03. The second-order valence-corrected chi connectivity index (χ2v) is 9.62. The van der Waals surface area contributed by atoms with Gasteiger partial charge in [0.2, 0.25) is 11.3 Å². The van der Waals surface area contributed by atoms with E-state index in [1.165, 1.54) is 56.0 Å². The Morgan fingerprint density at radius 1 is 0.955 bits per heavy atom. The van der Waals surface area contributed by atoms with E-state index < -0.39 is 11.6 Å². The highest BCUT2D eigenvalue weighted by molar-refractivity contribution is 5.93. The number of rotatable bonds is 10. The van der Waals surface area contributed by atoms with Gasteiger partial charge in [0.1, 0.15) is 18.0 Å². The highest BCUT2D eigenvalue weighted by Crippen LogP contribution is 2.37. The Morgan fingerprint density at radius 3 is 2.57 bits per heavy atom. The van der Waals surface area contributed by atoms with Gasteiger partial charge in [0.15, 0.2) is 23.1 Å². The van der Waals surface area contributed by atoms with Gasteiger partial charge in [0, 0.05) is 48.8 Å². The Morgan fingerprint density at radius 2 is 1.80 bits per heavy atom. The van der Waals surface area contributed by atoms with E-state index in [0.29, 0.717) is 51.2 Å². The molecule has 0 fully saturated rings. The first kappa shape index (κ1) is 28.5. The summed E-state index contributed by atoms with van der Waals surface area (Å²) >= 11 is 0. The van der Waals surface area contributed by atoms with Crippen LogP contribution in [0.3, 0.4) is 0 Å². The normalized spacial score (nSPS) is 11.1. The van der Waals surface area contributed by atoms with E-state index in [1.54, 1.807) is 30.5 Å². The number of pyridine rings is 2. The minimum atomic E-state index is -0.696. The lowest BCUT2D eigenvalue weighted by molar-refractivity contribution is 0.228. The number of fused-ring (bicyclic) bond motifs is 2. The number of ether oxygens (including phenoxy) is 3. The molecule has 0 aliphatic rings. The number of aromatic nitrogens is 4. The van der Waals surface area contributed by atoms with Crippen molar-refractivity contribution < 1.29 is 28.1 Å². The van der Waals surface area contributed by atoms with Crippen molar-refractivity contribution in [2.45, 2.75) is 6.42 Å². The zero-order chi connectivity index (χ0) is 30.6. The number of aliphatic hydroxyl groups is 1. The van der Waals surface area contributed by atoms with Crippen molar-refractivity contribution in [1.82, 2.24) is 19.9 Å². The van der Waals surface area contributed by atoms with Crippen molar-refractivity contribution in [3.63, 3.8) is 0 Å². The number of hydrogen-bond acceptors (Lipinski definition) is 9. The monoisotopic (exact) mass is 597 g/mol. The van der Waals surface area contributed by atoms with E-state index >= 15 is 4.39 Å². The molecule has 10 nitrogen and oxygen atoms in total. The molecule has 3 heterocycles. The zero-order valence-electron chi connectivity index (χ0n) is 23.3. The number of H-pyrrole nitrogens is 1. The summed E-state index contributed by atoms with van der Waals surface area (Å²) in [6.07, 6.45) is 4.82. The van der Waals surface area contributed by atoms with Gasteiger partial charge in [-0.25, -0.2) is 23.7 Å². The second kappa shape index (κ2) is 12.3. The number of aromatic amines is 1. The molecule has 3 N–H and O–H groups in total. The van der Waals surface area contributed by atoms with Crippen LogP contribution in [0.4, 0.5) is 20.3 Å². The zero-order valence-corrected chi connectivity index (χ0v) is 23.3. The van der Waals surface area contributed by atoms with E-state index in [1.807, 2.05) is 0 Å². The first-order valence-corrected chi connectivity index (χ1v) is 13.5. The molecule has 3 aromatic carbocycles. The minimum Gasteiger partial charge on any atom is -0.493 e. The number of nitrogens with zero attached hydrogens (tertiary/aromatic N) is 3. The third kappa shape index (κ3) is 5.70. The van der Waals surface area contributed by atoms with E-state index in [4.69, 9.17) is 19.3 Å². The molecule has 0 unspecified atom stereocenters. The second-order valence-electron chi connectivity index (χ2n) is 9.62. The fraction of sp³-hybridized carbons (Fsp3) is 0.125. The van der Waals surface area contributed by atoms with Gasteiger partial charge in [-0.1, -0.05) is 12.1 Å². The maximum Gasteiger partial charge on any atom is 0.230 e. The molecule has 0 saturated carbocycles. The highest BCUT2D eigenvalue weighted by Gasteiger charge is 2.17. The quantitative estimate of drug-likeness (QED) is 0.160. The average molecular weight is 598 g/mol. The number of halogens is 2. The smallest absolute Gasteiger partial charge is 0.230 e. The van der Waals surface area contributed by atoms with E-state index in [-0.39, 0.29) is 41.5 Å². The van der Waals surface area contributed by atoms with Crippen molar-refractivity contribution in [3.05, 3.63) is 101 Å². The maximum absolute atomic E-state index is 15.3. The summed E-state index contributed by atoms with van der Waals surface area (Å²) in [6, 6.07) is 14.8. The summed E-state index contributed by atoms with van der Waals surface area (Å²) in [7, 11) is 1.48. The molecule has 0 aliphatic heterocycles. The van der Waals surface area contributed by atoms with Crippen molar-refractivity contribution in [2.75, 3.05) is 25.6 Å². The van der Waals surface area contributed by atoms with Gasteiger partial charge in [-0.2, -0.15) is 0 Å². The Bertz CT molecular complexity index is 2040. The Balaban J connectivity index is 1.29. The van der Waals surface area contributed by atoms with Crippen LogP contribution in [0.15, 0.2) is 84.2 Å². The number of aliphatic hydroxyl groups excluding tert-OH is 1. The number of hydrogen-bond donors (Lipinski definition) is 3. The molecular formula is C32H25F2N5O5. The summed E-state index contributed by atoms with van der Waals surface area (Å²) in [5, 5.41) is 12.8. The van der Waals surface area contributed by atoms with Crippen molar-refractivity contribution >= 4 is 33.3 Å². The maximum atomic E-state index is 15.3. The molecule has 0 amide bonds. The molecule has 44 heavy (non-hydrogen) atoms. The van der Waals surface area contributed by atoms with Crippen LogP contribution in [0.1, 0.15) is 6.42 Å². The van der Waals surface area contributed by atoms with E-state index in [2.05, 4.69) is 25.3 Å². The number of benzene rings is 3. The van der Waals surface area contributed by atoms with Crippen LogP contribution in [0, 0.1) is 11.6 Å². The molecule has 0 saturated heterocycles. The van der Waals surface area contributed by atoms with E-state index in [9.17, 15) is 9.18 Å². The molecule has 12 heteroatoms. The predicted molar refractivity (Wildman–Crippen MR) is 161 cm³/mol. The highest BCUT2D eigenvalue weighted by atomic mass is 19.1. The third-order valence-electron chi connectivity index (χ3n) is 6.80. The number of methoxy groups -OCH3 is 1. The predicted octanol–water partition coefficient (Wildman–Crippen LogP) is 6.12. The lowest BCUT2D eigenvalue weighted by atomic mass is 10.0. The van der Waals surface area contributed by atoms with Crippen molar-refractivity contribution in [1.29, 1.82) is 0 Å². The Hall–Kier alpha value is -5.62. The molecule has 0 atom stereocenters. The Labute approximate surface area is 248 Å². The van der Waals surface area contributed by atoms with Crippen LogP contribution >= 0.6 is 0 Å². The fourth-order valence-electron chi connectivity index (χ4n) is 4.64.